The molecule has 0 bridgehead atoms. The minimum atomic E-state index is 0.224. The number of nitrogens with one attached hydrogen (secondary N) is 1. The molecular weight excluding hydrogens is 404 g/mol. The smallest absolute Gasteiger partial charge is 0.231 e. The summed E-state index contributed by atoms with van der Waals surface area (Å²) in [6, 6.07) is 21.8. The molecule has 5 rings (SSSR count). The Kier molecular flexibility index (Phi) is 5.75. The Morgan fingerprint density at radius 2 is 1.72 bits per heavy atom. The Bertz CT molecular complexity index is 1060. The lowest BCUT2D eigenvalue weighted by Crippen LogP contribution is -2.57. The van der Waals surface area contributed by atoms with E-state index in [1.54, 1.807) is 0 Å². The van der Waals surface area contributed by atoms with E-state index in [9.17, 15) is 0 Å². The Hall–Kier alpha value is -3.42. The average Bonchev–Trinajstić information content (AvgIpc) is 3.29. The van der Waals surface area contributed by atoms with Gasteiger partial charge in [-0.2, -0.15) is 0 Å². The van der Waals surface area contributed by atoms with E-state index in [0.717, 1.165) is 60.6 Å². The lowest BCUT2D eigenvalue weighted by Gasteiger charge is -2.39. The van der Waals surface area contributed by atoms with Crippen LogP contribution in [0.1, 0.15) is 5.56 Å². The second-order valence-electron chi connectivity index (χ2n) is 8.17. The molecule has 0 aliphatic carbocycles. The summed E-state index contributed by atoms with van der Waals surface area (Å²) in [5, 5.41) is 3.63. The molecule has 2 heterocycles. The maximum absolute atomic E-state index is 5.91. The Balaban J connectivity index is 1.20. The number of hydrogen-bond donors (Lipinski definition) is 2. The van der Waals surface area contributed by atoms with E-state index in [-0.39, 0.29) is 6.17 Å². The van der Waals surface area contributed by atoms with E-state index in [1.807, 2.05) is 42.5 Å². The van der Waals surface area contributed by atoms with Gasteiger partial charge in [-0.25, -0.2) is 0 Å². The molecule has 0 spiro atoms. The third-order valence-corrected chi connectivity index (χ3v) is 5.91. The lowest BCUT2D eigenvalue weighted by atomic mass is 10.1. The van der Waals surface area contributed by atoms with Crippen LogP contribution in [0.25, 0.3) is 0 Å². The molecular formula is C25H28N4O3. The second-order valence-corrected chi connectivity index (χ2v) is 8.17. The number of nitrogens with two attached hydrogens (primary N) is 1. The normalized spacial score (nSPS) is 17.8. The first-order chi connectivity index (χ1) is 15.6. The maximum Gasteiger partial charge on any atom is 0.231 e. The van der Waals surface area contributed by atoms with E-state index >= 15 is 0 Å². The summed E-state index contributed by atoms with van der Waals surface area (Å²) in [6.07, 6.45) is 0.224. The molecule has 3 N–H and O–H groups in total. The van der Waals surface area contributed by atoms with Gasteiger partial charge < -0.3 is 24.8 Å². The molecule has 0 saturated carbocycles. The van der Waals surface area contributed by atoms with E-state index in [4.69, 9.17) is 19.9 Å². The molecule has 3 aromatic rings. The maximum atomic E-state index is 5.91. The van der Waals surface area contributed by atoms with Crippen LogP contribution in [0.4, 0.5) is 11.4 Å². The number of likely N-dealkylation sites (N-methyl/N-ethyl adjacent to an activating group) is 1. The molecule has 1 fully saturated rings. The van der Waals surface area contributed by atoms with Crippen LogP contribution in [-0.4, -0.2) is 44.5 Å². The molecule has 32 heavy (non-hydrogen) atoms. The zero-order chi connectivity index (χ0) is 21.9. The van der Waals surface area contributed by atoms with Gasteiger partial charge in [-0.3, -0.25) is 10.2 Å². The standard InChI is InChI=1S/C25H28N4O3/c1-28(20-5-9-22(10-6-20)32-21-7-3-19(26)4-8-21)25-16-29(13-12-27-25)15-18-2-11-23-24(14-18)31-17-30-23/h2-11,14,25,27H,12-13,15-17,26H2,1H3. The van der Waals surface area contributed by atoms with Gasteiger partial charge in [0.25, 0.3) is 0 Å². The number of anilines is 2. The van der Waals surface area contributed by atoms with Crippen LogP contribution >= 0.6 is 0 Å². The molecule has 2 aliphatic rings. The van der Waals surface area contributed by atoms with Crippen molar-refractivity contribution in [3.05, 3.63) is 72.3 Å². The van der Waals surface area contributed by atoms with E-state index < -0.39 is 0 Å². The second kappa shape index (κ2) is 8.98. The molecule has 2 aliphatic heterocycles. The molecule has 0 amide bonds. The van der Waals surface area contributed by atoms with Crippen LogP contribution in [0.2, 0.25) is 0 Å². The molecule has 0 radical (unpaired) electrons. The van der Waals surface area contributed by atoms with Gasteiger partial charge in [-0.05, 0) is 66.2 Å². The third kappa shape index (κ3) is 4.59. The number of ether oxygens (including phenoxy) is 3. The fourth-order valence-electron chi connectivity index (χ4n) is 4.09. The van der Waals surface area contributed by atoms with Crippen LogP contribution in [0, 0.1) is 0 Å². The Morgan fingerprint density at radius 3 is 2.50 bits per heavy atom. The van der Waals surface area contributed by atoms with Gasteiger partial charge >= 0.3 is 0 Å². The van der Waals surface area contributed by atoms with E-state index in [0.29, 0.717) is 6.79 Å². The molecule has 1 atom stereocenters. The first-order valence-corrected chi connectivity index (χ1v) is 10.8. The van der Waals surface area contributed by atoms with Crippen molar-refractivity contribution in [2.75, 3.05) is 44.1 Å². The molecule has 166 valence electrons. The number of nitrogens with zero attached hydrogens (tertiary/aromatic N) is 2. The summed E-state index contributed by atoms with van der Waals surface area (Å²) in [7, 11) is 2.12. The van der Waals surface area contributed by atoms with Crippen molar-refractivity contribution in [2.24, 2.45) is 0 Å². The van der Waals surface area contributed by atoms with Crippen molar-refractivity contribution in [3.8, 4) is 23.0 Å². The molecule has 0 aromatic heterocycles. The van der Waals surface area contributed by atoms with Gasteiger partial charge in [0, 0.05) is 44.6 Å². The summed E-state index contributed by atoms with van der Waals surface area (Å²) < 4.78 is 16.9. The van der Waals surface area contributed by atoms with Crippen molar-refractivity contribution >= 4 is 11.4 Å². The quantitative estimate of drug-likeness (QED) is 0.576. The first-order valence-electron chi connectivity index (χ1n) is 10.8. The van der Waals surface area contributed by atoms with Crippen LogP contribution in [-0.2, 0) is 6.54 Å². The highest BCUT2D eigenvalue weighted by Crippen LogP contribution is 2.33. The van der Waals surface area contributed by atoms with Crippen LogP contribution in [0.3, 0.4) is 0 Å². The molecule has 7 nitrogen and oxygen atoms in total. The van der Waals surface area contributed by atoms with Gasteiger partial charge in [0.2, 0.25) is 6.79 Å². The highest BCUT2D eigenvalue weighted by Gasteiger charge is 2.24. The number of fused-ring (bicyclic) bond motifs is 1. The van der Waals surface area contributed by atoms with Gasteiger partial charge in [-0.15, -0.1) is 0 Å². The Labute approximate surface area is 188 Å². The summed E-state index contributed by atoms with van der Waals surface area (Å²) in [6.45, 7) is 4.07. The van der Waals surface area contributed by atoms with Crippen molar-refractivity contribution in [2.45, 2.75) is 12.7 Å². The van der Waals surface area contributed by atoms with Gasteiger partial charge in [0.05, 0.1) is 6.17 Å². The fourth-order valence-corrected chi connectivity index (χ4v) is 4.09. The van der Waals surface area contributed by atoms with Crippen LogP contribution < -0.4 is 30.2 Å². The third-order valence-electron chi connectivity index (χ3n) is 5.91. The topological polar surface area (TPSA) is 72.2 Å². The summed E-state index contributed by atoms with van der Waals surface area (Å²) >= 11 is 0. The highest BCUT2D eigenvalue weighted by molar-refractivity contribution is 5.50. The minimum Gasteiger partial charge on any atom is -0.457 e. The highest BCUT2D eigenvalue weighted by atomic mass is 16.7. The summed E-state index contributed by atoms with van der Waals surface area (Å²) in [4.78, 5) is 4.74. The summed E-state index contributed by atoms with van der Waals surface area (Å²) in [5.41, 5.74) is 8.84. The van der Waals surface area contributed by atoms with Crippen LogP contribution in [0.5, 0.6) is 23.0 Å². The van der Waals surface area contributed by atoms with Gasteiger partial charge in [0.15, 0.2) is 11.5 Å². The lowest BCUT2D eigenvalue weighted by molar-refractivity contribution is 0.173. The zero-order valence-electron chi connectivity index (χ0n) is 18.2. The average molecular weight is 433 g/mol. The number of piperazine rings is 1. The van der Waals surface area contributed by atoms with Crippen molar-refractivity contribution in [1.82, 2.24) is 10.2 Å². The molecule has 1 unspecified atom stereocenters. The number of hydrogen-bond acceptors (Lipinski definition) is 7. The number of rotatable bonds is 6. The fraction of sp³-hybridized carbons (Fsp3) is 0.280. The summed E-state index contributed by atoms with van der Waals surface area (Å²) in [5.74, 6) is 3.24. The van der Waals surface area contributed by atoms with Crippen molar-refractivity contribution < 1.29 is 14.2 Å². The van der Waals surface area contributed by atoms with Gasteiger partial charge in [-0.1, -0.05) is 6.07 Å². The minimum absolute atomic E-state index is 0.224. The van der Waals surface area contributed by atoms with E-state index in [2.05, 4.69) is 46.4 Å². The largest absolute Gasteiger partial charge is 0.457 e. The first kappa shape index (κ1) is 20.5. The number of benzene rings is 3. The zero-order valence-corrected chi connectivity index (χ0v) is 18.2. The van der Waals surface area contributed by atoms with E-state index in [1.165, 1.54) is 5.56 Å². The number of nitrogen functional groups attached to an aromatic ring is 1. The molecule has 1 saturated heterocycles. The van der Waals surface area contributed by atoms with Crippen molar-refractivity contribution in [1.29, 1.82) is 0 Å². The SMILES string of the molecule is CN(c1ccc(Oc2ccc(N)cc2)cc1)C1CN(Cc2ccc3c(c2)OCO3)CCN1. The van der Waals surface area contributed by atoms with Gasteiger partial charge in [0.1, 0.15) is 11.5 Å². The van der Waals surface area contributed by atoms with Crippen molar-refractivity contribution in [3.63, 3.8) is 0 Å². The Morgan fingerprint density at radius 1 is 1.00 bits per heavy atom. The predicted octanol–water partition coefficient (Wildman–Crippen LogP) is 3.66. The predicted molar refractivity (Wildman–Crippen MR) is 125 cm³/mol. The van der Waals surface area contributed by atoms with Crippen LogP contribution in [0.15, 0.2) is 66.7 Å². The molecule has 3 aromatic carbocycles. The monoisotopic (exact) mass is 432 g/mol. The molecule has 7 heteroatoms.